The molecule has 8 nitrogen and oxygen atoms in total. The third-order valence-corrected chi connectivity index (χ3v) is 8.60. The average molecular weight is 534 g/mol. The summed E-state index contributed by atoms with van der Waals surface area (Å²) in [5.41, 5.74) is 4.78. The number of fused-ring (bicyclic) bond motifs is 1. The molecule has 6 rings (SSSR count). The van der Waals surface area contributed by atoms with Crippen LogP contribution < -0.4 is 4.90 Å². The molecule has 9 heteroatoms. The lowest BCUT2D eigenvalue weighted by molar-refractivity contribution is 0.0761. The van der Waals surface area contributed by atoms with E-state index in [1.54, 1.807) is 6.20 Å². The molecule has 0 N–H and O–H groups in total. The molecule has 1 aromatic carbocycles. The highest BCUT2D eigenvalue weighted by molar-refractivity contribution is 6.30. The number of carbonyl (C=O) groups is 1. The molecule has 2 aliphatic heterocycles. The summed E-state index contributed by atoms with van der Waals surface area (Å²) < 4.78 is 1.88. The fourth-order valence-electron chi connectivity index (χ4n) is 5.86. The van der Waals surface area contributed by atoms with Gasteiger partial charge >= 0.3 is 0 Å². The Hall–Kier alpha value is -2.97. The van der Waals surface area contributed by atoms with Crippen molar-refractivity contribution in [1.82, 2.24) is 29.5 Å². The summed E-state index contributed by atoms with van der Waals surface area (Å²) in [4.78, 5) is 30.4. The van der Waals surface area contributed by atoms with Gasteiger partial charge in [0.1, 0.15) is 0 Å². The molecule has 0 unspecified atom stereocenters. The Bertz CT molecular complexity index is 1280. The van der Waals surface area contributed by atoms with Crippen LogP contribution in [0.1, 0.15) is 59.9 Å². The molecule has 1 aliphatic carbocycles. The van der Waals surface area contributed by atoms with Crippen LogP contribution in [0.5, 0.6) is 0 Å². The monoisotopic (exact) mass is 533 g/mol. The van der Waals surface area contributed by atoms with E-state index in [0.29, 0.717) is 23.7 Å². The number of benzene rings is 1. The molecule has 1 amide bonds. The lowest BCUT2D eigenvalue weighted by Gasteiger charge is -2.43. The van der Waals surface area contributed by atoms with E-state index in [1.807, 2.05) is 40.0 Å². The Morgan fingerprint density at radius 3 is 2.47 bits per heavy atom. The first-order valence-electron chi connectivity index (χ1n) is 14.1. The van der Waals surface area contributed by atoms with Gasteiger partial charge in [-0.1, -0.05) is 31.4 Å². The summed E-state index contributed by atoms with van der Waals surface area (Å²) >= 11 is 6.09. The molecule has 4 heterocycles. The topological polar surface area (TPSA) is 70.4 Å². The predicted octanol–water partition coefficient (Wildman–Crippen LogP) is 4.18. The zero-order valence-corrected chi connectivity index (χ0v) is 22.9. The van der Waals surface area contributed by atoms with E-state index < -0.39 is 0 Å². The molecule has 0 spiro atoms. The number of hydrogen-bond acceptors (Lipinski definition) is 6. The maximum atomic E-state index is 13.7. The number of hydrogen-bond donors (Lipinski definition) is 0. The zero-order valence-electron chi connectivity index (χ0n) is 22.2. The van der Waals surface area contributed by atoms with E-state index in [0.717, 1.165) is 86.5 Å². The lowest BCUT2D eigenvalue weighted by Crippen LogP contribution is -2.52. The van der Waals surface area contributed by atoms with Crippen LogP contribution in [0.15, 0.2) is 36.7 Å². The minimum atomic E-state index is 0.0433. The molecule has 0 bridgehead atoms. The molecule has 0 radical (unpaired) electrons. The van der Waals surface area contributed by atoms with Gasteiger partial charge in [0.25, 0.3) is 5.91 Å². The van der Waals surface area contributed by atoms with E-state index in [4.69, 9.17) is 21.6 Å². The number of amides is 1. The second kappa shape index (κ2) is 11.0. The first-order valence-corrected chi connectivity index (χ1v) is 14.4. The molecule has 38 heavy (non-hydrogen) atoms. The summed E-state index contributed by atoms with van der Waals surface area (Å²) in [7, 11) is 0. The standard InChI is InChI=1S/C29H36ClN7O/c1-2-4-27-25(20-32-37(27)24-9-7-22(30)8-10-24)28(38)35-13-11-21-19-31-29(33-26(21)12-14-35)36-17-15-34(16-18-36)23-5-3-6-23/h7-10,19-20,23H,2-6,11-18H2,1H3. The van der Waals surface area contributed by atoms with E-state index in [-0.39, 0.29) is 5.91 Å². The van der Waals surface area contributed by atoms with Crippen molar-refractivity contribution in [3.05, 3.63) is 64.2 Å². The minimum Gasteiger partial charge on any atom is -0.338 e. The van der Waals surface area contributed by atoms with Gasteiger partial charge < -0.3 is 9.80 Å². The number of nitrogens with zero attached hydrogens (tertiary/aromatic N) is 7. The van der Waals surface area contributed by atoms with E-state index in [9.17, 15) is 4.79 Å². The molecule has 3 aromatic rings. The highest BCUT2D eigenvalue weighted by Crippen LogP contribution is 2.27. The third-order valence-electron chi connectivity index (χ3n) is 8.34. The van der Waals surface area contributed by atoms with Crippen LogP contribution in [0, 0.1) is 0 Å². The van der Waals surface area contributed by atoms with Crippen molar-refractivity contribution in [2.45, 2.75) is 57.9 Å². The molecule has 2 fully saturated rings. The Kier molecular flexibility index (Phi) is 7.34. The summed E-state index contributed by atoms with van der Waals surface area (Å²) in [5.74, 6) is 0.882. The fraction of sp³-hybridized carbons (Fsp3) is 0.517. The van der Waals surface area contributed by atoms with Crippen molar-refractivity contribution in [3.8, 4) is 5.69 Å². The van der Waals surface area contributed by atoms with Crippen LogP contribution >= 0.6 is 11.6 Å². The Morgan fingerprint density at radius 2 is 1.76 bits per heavy atom. The lowest BCUT2D eigenvalue weighted by atomic mass is 9.91. The van der Waals surface area contributed by atoms with Gasteiger partial charge in [-0.3, -0.25) is 9.69 Å². The summed E-state index contributed by atoms with van der Waals surface area (Å²) in [5, 5.41) is 5.28. The Balaban J connectivity index is 1.15. The molecule has 1 saturated heterocycles. The van der Waals surface area contributed by atoms with Crippen molar-refractivity contribution in [2.75, 3.05) is 44.2 Å². The van der Waals surface area contributed by atoms with Crippen LogP contribution in [-0.2, 0) is 19.3 Å². The molecule has 1 saturated carbocycles. The molecular formula is C29H36ClN7O. The second-order valence-electron chi connectivity index (χ2n) is 10.7. The average Bonchev–Trinajstić information content (AvgIpc) is 3.20. The van der Waals surface area contributed by atoms with Gasteiger partial charge in [-0.15, -0.1) is 0 Å². The number of anilines is 1. The van der Waals surface area contributed by atoms with Gasteiger partial charge in [0, 0.05) is 63.0 Å². The molecule has 200 valence electrons. The summed E-state index contributed by atoms with van der Waals surface area (Å²) in [6, 6.07) is 8.38. The SMILES string of the molecule is CCCc1c(C(=O)N2CCc3cnc(N4CCN(C5CCC5)CC4)nc3CC2)cnn1-c1ccc(Cl)cc1. The molecule has 0 atom stereocenters. The number of piperazine rings is 1. The van der Waals surface area contributed by atoms with Gasteiger partial charge in [-0.25, -0.2) is 14.6 Å². The number of aromatic nitrogens is 4. The van der Waals surface area contributed by atoms with Gasteiger partial charge in [0.05, 0.1) is 28.8 Å². The quantitative estimate of drug-likeness (QED) is 0.473. The Morgan fingerprint density at radius 1 is 1.00 bits per heavy atom. The second-order valence-corrected chi connectivity index (χ2v) is 11.1. The van der Waals surface area contributed by atoms with Crippen LogP contribution in [0.2, 0.25) is 5.02 Å². The van der Waals surface area contributed by atoms with Crippen LogP contribution in [-0.4, -0.2) is 80.8 Å². The van der Waals surface area contributed by atoms with E-state index in [1.165, 1.54) is 19.3 Å². The number of rotatable bonds is 6. The summed E-state index contributed by atoms with van der Waals surface area (Å²) in [6.07, 6.45) is 11.0. The fourth-order valence-corrected chi connectivity index (χ4v) is 5.99. The highest BCUT2D eigenvalue weighted by Gasteiger charge is 2.30. The van der Waals surface area contributed by atoms with Gasteiger partial charge in [0.2, 0.25) is 5.95 Å². The molecule has 2 aromatic heterocycles. The van der Waals surface area contributed by atoms with Crippen molar-refractivity contribution >= 4 is 23.5 Å². The Labute approximate surface area is 229 Å². The molecular weight excluding hydrogens is 498 g/mol. The first-order chi connectivity index (χ1) is 18.6. The smallest absolute Gasteiger partial charge is 0.257 e. The number of carbonyl (C=O) groups excluding carboxylic acids is 1. The van der Waals surface area contributed by atoms with Crippen molar-refractivity contribution in [2.24, 2.45) is 0 Å². The predicted molar refractivity (Wildman–Crippen MR) is 149 cm³/mol. The maximum Gasteiger partial charge on any atom is 0.257 e. The van der Waals surface area contributed by atoms with Gasteiger partial charge in [0.15, 0.2) is 0 Å². The van der Waals surface area contributed by atoms with Crippen LogP contribution in [0.3, 0.4) is 0 Å². The zero-order chi connectivity index (χ0) is 26.1. The highest BCUT2D eigenvalue weighted by atomic mass is 35.5. The van der Waals surface area contributed by atoms with E-state index in [2.05, 4.69) is 21.8 Å². The maximum absolute atomic E-state index is 13.7. The van der Waals surface area contributed by atoms with Crippen molar-refractivity contribution in [3.63, 3.8) is 0 Å². The number of halogens is 1. The van der Waals surface area contributed by atoms with Crippen LogP contribution in [0.25, 0.3) is 5.69 Å². The minimum absolute atomic E-state index is 0.0433. The molecule has 3 aliphatic rings. The normalized spacial score (nSPS) is 18.7. The van der Waals surface area contributed by atoms with Crippen molar-refractivity contribution in [1.29, 1.82) is 0 Å². The van der Waals surface area contributed by atoms with Crippen LogP contribution in [0.4, 0.5) is 5.95 Å². The summed E-state index contributed by atoms with van der Waals surface area (Å²) in [6.45, 7) is 7.59. The third kappa shape index (κ3) is 5.04. The largest absolute Gasteiger partial charge is 0.338 e. The van der Waals surface area contributed by atoms with E-state index >= 15 is 0 Å². The van der Waals surface area contributed by atoms with Gasteiger partial charge in [-0.05, 0) is 55.5 Å². The van der Waals surface area contributed by atoms with Gasteiger partial charge in [-0.2, -0.15) is 5.10 Å². The van der Waals surface area contributed by atoms with Crippen molar-refractivity contribution < 1.29 is 4.79 Å². The first kappa shape index (κ1) is 25.3.